The van der Waals surface area contributed by atoms with Gasteiger partial charge in [-0.05, 0) is 31.5 Å². The van der Waals surface area contributed by atoms with Gasteiger partial charge in [0.2, 0.25) is 0 Å². The third-order valence-corrected chi connectivity index (χ3v) is 3.26. The Bertz CT molecular complexity index is 386. The van der Waals surface area contributed by atoms with E-state index >= 15 is 0 Å². The zero-order valence-corrected chi connectivity index (χ0v) is 10.7. The normalized spacial score (nSPS) is 13.6. The molecule has 0 bridgehead atoms. The van der Waals surface area contributed by atoms with Gasteiger partial charge in [0.15, 0.2) is 0 Å². The lowest BCUT2D eigenvalue weighted by atomic mass is 9.95. The van der Waals surface area contributed by atoms with Gasteiger partial charge in [-0.1, -0.05) is 6.92 Å². The van der Waals surface area contributed by atoms with Crippen molar-refractivity contribution in [1.29, 1.82) is 0 Å². The van der Waals surface area contributed by atoms with E-state index in [0.717, 1.165) is 0 Å². The fourth-order valence-corrected chi connectivity index (χ4v) is 1.88. The Labute approximate surface area is 106 Å². The molecule has 102 valence electrons. The number of rotatable bonds is 6. The molecule has 0 amide bonds. The van der Waals surface area contributed by atoms with E-state index in [0.29, 0.717) is 12.0 Å². The zero-order valence-electron chi connectivity index (χ0n) is 10.7. The Morgan fingerprint density at radius 2 is 1.94 bits per heavy atom. The standard InChI is InChI=1S/C13H20FNO3/c1-3-13(7-16,8-17)15-9(2)11-6-10(14)4-5-12(11)18/h4-6,9,15-18H,3,7-8H2,1-2H3. The smallest absolute Gasteiger partial charge is 0.123 e. The average molecular weight is 257 g/mol. The average Bonchev–Trinajstić information content (AvgIpc) is 2.38. The molecular weight excluding hydrogens is 237 g/mol. The van der Waals surface area contributed by atoms with Crippen LogP contribution in [0.5, 0.6) is 5.75 Å². The molecule has 0 heterocycles. The van der Waals surface area contributed by atoms with Crippen LogP contribution in [0.4, 0.5) is 4.39 Å². The molecule has 0 aromatic heterocycles. The van der Waals surface area contributed by atoms with E-state index < -0.39 is 11.4 Å². The highest BCUT2D eigenvalue weighted by molar-refractivity contribution is 5.35. The van der Waals surface area contributed by atoms with Crippen LogP contribution >= 0.6 is 0 Å². The van der Waals surface area contributed by atoms with Crippen molar-refractivity contribution in [1.82, 2.24) is 5.32 Å². The van der Waals surface area contributed by atoms with Gasteiger partial charge in [0.1, 0.15) is 11.6 Å². The van der Waals surface area contributed by atoms with Gasteiger partial charge in [0.05, 0.1) is 18.8 Å². The van der Waals surface area contributed by atoms with Crippen molar-refractivity contribution >= 4 is 0 Å². The quantitative estimate of drug-likeness (QED) is 0.620. The third kappa shape index (κ3) is 3.19. The molecule has 4 N–H and O–H groups in total. The summed E-state index contributed by atoms with van der Waals surface area (Å²) in [5.74, 6) is -0.455. The largest absolute Gasteiger partial charge is 0.508 e. The topological polar surface area (TPSA) is 72.7 Å². The second kappa shape index (κ2) is 6.13. The Balaban J connectivity index is 2.93. The molecule has 0 fully saturated rings. The minimum absolute atomic E-state index is 0.0164. The summed E-state index contributed by atoms with van der Waals surface area (Å²) in [4.78, 5) is 0. The highest BCUT2D eigenvalue weighted by Gasteiger charge is 2.29. The summed E-state index contributed by atoms with van der Waals surface area (Å²) in [5, 5.41) is 31.4. The molecule has 1 rings (SSSR count). The number of aromatic hydroxyl groups is 1. The zero-order chi connectivity index (χ0) is 13.8. The van der Waals surface area contributed by atoms with Crippen LogP contribution in [-0.2, 0) is 0 Å². The lowest BCUT2D eigenvalue weighted by molar-refractivity contribution is 0.0790. The van der Waals surface area contributed by atoms with Gasteiger partial charge < -0.3 is 20.6 Å². The summed E-state index contributed by atoms with van der Waals surface area (Å²) < 4.78 is 13.1. The summed E-state index contributed by atoms with van der Waals surface area (Å²) in [6, 6.07) is 3.31. The molecule has 0 saturated heterocycles. The van der Waals surface area contributed by atoms with Crippen molar-refractivity contribution in [2.75, 3.05) is 13.2 Å². The van der Waals surface area contributed by atoms with Gasteiger partial charge in [-0.2, -0.15) is 0 Å². The van der Waals surface area contributed by atoms with Crippen molar-refractivity contribution in [3.05, 3.63) is 29.6 Å². The number of aliphatic hydroxyl groups is 2. The van der Waals surface area contributed by atoms with Crippen LogP contribution in [-0.4, -0.2) is 34.1 Å². The van der Waals surface area contributed by atoms with E-state index in [1.165, 1.54) is 18.2 Å². The van der Waals surface area contributed by atoms with Crippen molar-refractivity contribution in [2.45, 2.75) is 31.8 Å². The molecule has 0 aliphatic carbocycles. The van der Waals surface area contributed by atoms with Crippen LogP contribution in [0.3, 0.4) is 0 Å². The van der Waals surface area contributed by atoms with Gasteiger partial charge in [-0.25, -0.2) is 4.39 Å². The first kappa shape index (κ1) is 14.9. The summed E-state index contributed by atoms with van der Waals surface area (Å²) in [6.45, 7) is 3.10. The maximum Gasteiger partial charge on any atom is 0.123 e. The lowest BCUT2D eigenvalue weighted by Crippen LogP contribution is -2.52. The maximum atomic E-state index is 13.1. The van der Waals surface area contributed by atoms with E-state index in [4.69, 9.17) is 0 Å². The van der Waals surface area contributed by atoms with E-state index in [1.54, 1.807) is 6.92 Å². The number of halogens is 1. The highest BCUT2D eigenvalue weighted by atomic mass is 19.1. The number of benzene rings is 1. The van der Waals surface area contributed by atoms with Gasteiger partial charge in [-0.3, -0.25) is 0 Å². The minimum Gasteiger partial charge on any atom is -0.508 e. The van der Waals surface area contributed by atoms with Crippen molar-refractivity contribution < 1.29 is 19.7 Å². The van der Waals surface area contributed by atoms with E-state index in [-0.39, 0.29) is 25.0 Å². The predicted molar refractivity (Wildman–Crippen MR) is 66.8 cm³/mol. The van der Waals surface area contributed by atoms with E-state index in [1.807, 2.05) is 6.92 Å². The van der Waals surface area contributed by atoms with Crippen LogP contribution in [0, 0.1) is 5.82 Å². The molecule has 5 heteroatoms. The Hall–Kier alpha value is -1.17. The van der Waals surface area contributed by atoms with Crippen LogP contribution in [0.2, 0.25) is 0 Å². The predicted octanol–water partition coefficient (Wildman–Crippen LogP) is 1.32. The maximum absolute atomic E-state index is 13.1. The molecule has 0 saturated carbocycles. The van der Waals surface area contributed by atoms with E-state index in [9.17, 15) is 19.7 Å². The fraction of sp³-hybridized carbons (Fsp3) is 0.538. The van der Waals surface area contributed by atoms with E-state index in [2.05, 4.69) is 5.32 Å². The number of hydrogen-bond donors (Lipinski definition) is 4. The number of aliphatic hydroxyl groups excluding tert-OH is 2. The fourth-order valence-electron chi connectivity index (χ4n) is 1.88. The van der Waals surface area contributed by atoms with Crippen molar-refractivity contribution in [3.8, 4) is 5.75 Å². The van der Waals surface area contributed by atoms with Gasteiger partial charge in [0, 0.05) is 11.6 Å². The molecule has 1 atom stereocenters. The molecule has 18 heavy (non-hydrogen) atoms. The molecule has 1 aromatic carbocycles. The summed E-state index contributed by atoms with van der Waals surface area (Å²) >= 11 is 0. The second-order valence-electron chi connectivity index (χ2n) is 4.52. The molecule has 1 aromatic rings. The van der Waals surface area contributed by atoms with Gasteiger partial charge in [0.25, 0.3) is 0 Å². The Morgan fingerprint density at radius 3 is 2.44 bits per heavy atom. The monoisotopic (exact) mass is 257 g/mol. The molecule has 0 spiro atoms. The molecular formula is C13H20FNO3. The summed E-state index contributed by atoms with van der Waals surface area (Å²) in [7, 11) is 0. The van der Waals surface area contributed by atoms with Crippen molar-refractivity contribution in [3.63, 3.8) is 0 Å². The number of hydrogen-bond acceptors (Lipinski definition) is 4. The van der Waals surface area contributed by atoms with Crippen LogP contribution in [0.25, 0.3) is 0 Å². The van der Waals surface area contributed by atoms with Gasteiger partial charge in [-0.15, -0.1) is 0 Å². The summed E-state index contributed by atoms with van der Waals surface area (Å²) in [6.07, 6.45) is 0.514. The molecule has 0 aliphatic rings. The van der Waals surface area contributed by atoms with Crippen LogP contribution < -0.4 is 5.32 Å². The van der Waals surface area contributed by atoms with Crippen LogP contribution in [0.1, 0.15) is 31.9 Å². The molecule has 0 aliphatic heterocycles. The molecule has 4 nitrogen and oxygen atoms in total. The third-order valence-electron chi connectivity index (χ3n) is 3.26. The van der Waals surface area contributed by atoms with Crippen LogP contribution in [0.15, 0.2) is 18.2 Å². The first-order chi connectivity index (χ1) is 8.48. The lowest BCUT2D eigenvalue weighted by Gasteiger charge is -2.33. The minimum atomic E-state index is -0.835. The number of nitrogens with one attached hydrogen (secondary N) is 1. The number of phenolic OH excluding ortho intramolecular Hbond substituents is 1. The SMILES string of the molecule is CCC(CO)(CO)NC(C)c1cc(F)ccc1O. The highest BCUT2D eigenvalue weighted by Crippen LogP contribution is 2.27. The second-order valence-corrected chi connectivity index (χ2v) is 4.52. The summed E-state index contributed by atoms with van der Waals surface area (Å²) in [5.41, 5.74) is -0.437. The molecule has 0 radical (unpaired) electrons. The first-order valence-electron chi connectivity index (χ1n) is 5.96. The van der Waals surface area contributed by atoms with Gasteiger partial charge >= 0.3 is 0 Å². The Morgan fingerprint density at radius 1 is 1.33 bits per heavy atom. The first-order valence-corrected chi connectivity index (χ1v) is 5.96. The Kier molecular flexibility index (Phi) is 5.07. The number of phenols is 1. The molecule has 1 unspecified atom stereocenters. The van der Waals surface area contributed by atoms with Crippen molar-refractivity contribution in [2.24, 2.45) is 0 Å².